The molecule has 0 bridgehead atoms. The van der Waals surface area contributed by atoms with Crippen LogP contribution in [0.1, 0.15) is 6.42 Å². The average molecular weight is 247 g/mol. The van der Waals surface area contributed by atoms with E-state index in [2.05, 4.69) is 9.89 Å². The highest BCUT2D eigenvalue weighted by Gasteiger charge is 2.46. The Hall–Kier alpha value is -1.75. The topological polar surface area (TPSA) is 60.1 Å². The second kappa shape index (κ2) is 4.17. The number of ether oxygens (including phenoxy) is 2. The number of hydrogen-bond donors (Lipinski definition) is 1. The normalized spacial score (nSPS) is 26.7. The lowest BCUT2D eigenvalue weighted by atomic mass is 9.97. The number of nitrogens with two attached hydrogens (primary N) is 1. The van der Waals surface area contributed by atoms with Crippen molar-refractivity contribution < 1.29 is 9.47 Å². The molecule has 1 spiro atoms. The average Bonchev–Trinajstić information content (AvgIpc) is 2.99. The first-order valence-electron chi connectivity index (χ1n) is 6.08. The lowest BCUT2D eigenvalue weighted by Crippen LogP contribution is -2.52. The van der Waals surface area contributed by atoms with Crippen LogP contribution in [0.25, 0.3) is 0 Å². The summed E-state index contributed by atoms with van der Waals surface area (Å²) in [5, 5.41) is 0. The highest BCUT2D eigenvalue weighted by molar-refractivity contribution is 5.99. The molecule has 2 heterocycles. The molecular weight excluding hydrogens is 230 g/mol. The molecule has 2 aliphatic rings. The first-order chi connectivity index (χ1) is 8.77. The zero-order valence-corrected chi connectivity index (χ0v) is 10.4. The highest BCUT2D eigenvalue weighted by atomic mass is 16.5. The minimum atomic E-state index is -0.126. The van der Waals surface area contributed by atoms with Gasteiger partial charge >= 0.3 is 0 Å². The van der Waals surface area contributed by atoms with E-state index in [0.717, 1.165) is 24.5 Å². The molecule has 1 aromatic carbocycles. The second-order valence-corrected chi connectivity index (χ2v) is 4.71. The molecule has 3 rings (SSSR count). The Labute approximate surface area is 106 Å². The molecule has 0 amide bonds. The van der Waals surface area contributed by atoms with Gasteiger partial charge in [0.1, 0.15) is 5.75 Å². The van der Waals surface area contributed by atoms with Crippen LogP contribution in [-0.2, 0) is 4.74 Å². The van der Waals surface area contributed by atoms with Crippen molar-refractivity contribution >= 4 is 11.6 Å². The van der Waals surface area contributed by atoms with Gasteiger partial charge < -0.3 is 15.2 Å². The van der Waals surface area contributed by atoms with Crippen molar-refractivity contribution in [2.75, 3.05) is 31.8 Å². The van der Waals surface area contributed by atoms with Crippen LogP contribution in [0.5, 0.6) is 5.75 Å². The minimum absolute atomic E-state index is 0.126. The van der Waals surface area contributed by atoms with Crippen LogP contribution in [0, 0.1) is 0 Å². The Morgan fingerprint density at radius 2 is 2.28 bits per heavy atom. The minimum Gasteiger partial charge on any atom is -0.495 e. The molecule has 2 N–H and O–H groups in total. The van der Waals surface area contributed by atoms with Gasteiger partial charge in [0.25, 0.3) is 0 Å². The van der Waals surface area contributed by atoms with Gasteiger partial charge in [-0.25, -0.2) is 0 Å². The monoisotopic (exact) mass is 247 g/mol. The molecule has 5 heteroatoms. The van der Waals surface area contributed by atoms with Gasteiger partial charge in [-0.05, 0) is 18.6 Å². The van der Waals surface area contributed by atoms with E-state index in [9.17, 15) is 0 Å². The molecule has 1 saturated heterocycles. The Balaban J connectivity index is 2.05. The molecule has 0 aliphatic carbocycles. The predicted octanol–water partition coefficient (Wildman–Crippen LogP) is 0.989. The first-order valence-corrected chi connectivity index (χ1v) is 6.08. The predicted molar refractivity (Wildman–Crippen MR) is 70.1 cm³/mol. The molecule has 0 saturated carbocycles. The molecule has 5 nitrogen and oxygen atoms in total. The van der Waals surface area contributed by atoms with Crippen LogP contribution in [0.4, 0.5) is 5.69 Å². The Kier molecular flexibility index (Phi) is 2.63. The van der Waals surface area contributed by atoms with E-state index in [1.807, 2.05) is 24.3 Å². The third-order valence-electron chi connectivity index (χ3n) is 3.65. The fourth-order valence-electron chi connectivity index (χ4n) is 2.70. The zero-order chi connectivity index (χ0) is 12.6. The summed E-state index contributed by atoms with van der Waals surface area (Å²) >= 11 is 0. The van der Waals surface area contributed by atoms with Crippen molar-refractivity contribution in [1.29, 1.82) is 0 Å². The summed E-state index contributed by atoms with van der Waals surface area (Å²) in [6.07, 6.45) is 0.940. The fourth-order valence-corrected chi connectivity index (χ4v) is 2.70. The summed E-state index contributed by atoms with van der Waals surface area (Å²) in [6, 6.07) is 7.87. The summed E-state index contributed by atoms with van der Waals surface area (Å²) in [5.41, 5.74) is 6.89. The highest BCUT2D eigenvalue weighted by Crippen LogP contribution is 2.39. The standard InChI is InChI=1S/C13H17N3O2/c1-17-11-5-3-2-4-10(11)16-12(14)15-8-13(16)6-7-18-9-13/h2-5H,6-9H2,1H3,(H2,14,15). The van der Waals surface area contributed by atoms with Gasteiger partial charge in [0.05, 0.1) is 31.5 Å². The largest absolute Gasteiger partial charge is 0.495 e. The number of benzene rings is 1. The van der Waals surface area contributed by atoms with Gasteiger partial charge in [-0.15, -0.1) is 0 Å². The molecule has 0 aromatic heterocycles. The third kappa shape index (κ3) is 1.54. The van der Waals surface area contributed by atoms with Crippen molar-refractivity contribution in [2.24, 2.45) is 10.7 Å². The maximum atomic E-state index is 6.05. The van der Waals surface area contributed by atoms with Crippen LogP contribution in [0.2, 0.25) is 0 Å². The smallest absolute Gasteiger partial charge is 0.196 e. The van der Waals surface area contributed by atoms with Gasteiger partial charge in [-0.2, -0.15) is 0 Å². The molecule has 18 heavy (non-hydrogen) atoms. The van der Waals surface area contributed by atoms with Gasteiger partial charge in [0.15, 0.2) is 5.96 Å². The molecule has 1 fully saturated rings. The number of rotatable bonds is 2. The van der Waals surface area contributed by atoms with Gasteiger partial charge in [-0.1, -0.05) is 12.1 Å². The van der Waals surface area contributed by atoms with E-state index < -0.39 is 0 Å². The van der Waals surface area contributed by atoms with Crippen LogP contribution in [0.3, 0.4) is 0 Å². The number of para-hydroxylation sites is 2. The quantitative estimate of drug-likeness (QED) is 0.846. The lowest BCUT2D eigenvalue weighted by Gasteiger charge is -2.35. The number of methoxy groups -OCH3 is 1. The Bertz CT molecular complexity index is 481. The summed E-state index contributed by atoms with van der Waals surface area (Å²) in [6.45, 7) is 2.11. The van der Waals surface area contributed by atoms with Crippen LogP contribution in [-0.4, -0.2) is 38.4 Å². The van der Waals surface area contributed by atoms with E-state index in [-0.39, 0.29) is 5.54 Å². The maximum absolute atomic E-state index is 6.05. The molecular formula is C13H17N3O2. The molecule has 0 radical (unpaired) electrons. The Morgan fingerprint density at radius 3 is 3.00 bits per heavy atom. The molecule has 1 aromatic rings. The summed E-state index contributed by atoms with van der Waals surface area (Å²) < 4.78 is 11.0. The number of anilines is 1. The van der Waals surface area contributed by atoms with Crippen molar-refractivity contribution in [2.45, 2.75) is 12.0 Å². The van der Waals surface area contributed by atoms with Crippen molar-refractivity contribution in [3.8, 4) is 5.75 Å². The van der Waals surface area contributed by atoms with Crippen molar-refractivity contribution in [3.63, 3.8) is 0 Å². The van der Waals surface area contributed by atoms with Gasteiger partial charge in [0.2, 0.25) is 0 Å². The third-order valence-corrected chi connectivity index (χ3v) is 3.65. The SMILES string of the molecule is COc1ccccc1N1C(N)=NCC12CCOC2. The first kappa shape index (κ1) is 11.3. The fraction of sp³-hybridized carbons (Fsp3) is 0.462. The van der Waals surface area contributed by atoms with Crippen molar-refractivity contribution in [3.05, 3.63) is 24.3 Å². The number of nitrogens with zero attached hydrogens (tertiary/aromatic N) is 2. The maximum Gasteiger partial charge on any atom is 0.196 e. The summed E-state index contributed by atoms with van der Waals surface area (Å²) in [5.74, 6) is 1.36. The van der Waals surface area contributed by atoms with E-state index in [4.69, 9.17) is 15.2 Å². The zero-order valence-electron chi connectivity index (χ0n) is 10.4. The molecule has 1 unspecified atom stereocenters. The molecule has 2 aliphatic heterocycles. The van der Waals surface area contributed by atoms with E-state index in [1.165, 1.54) is 0 Å². The van der Waals surface area contributed by atoms with E-state index in [0.29, 0.717) is 19.1 Å². The molecule has 96 valence electrons. The lowest BCUT2D eigenvalue weighted by molar-refractivity contribution is 0.181. The van der Waals surface area contributed by atoms with Crippen molar-refractivity contribution in [1.82, 2.24) is 0 Å². The number of aliphatic imine (C=N–C) groups is 1. The van der Waals surface area contributed by atoms with E-state index in [1.54, 1.807) is 7.11 Å². The Morgan fingerprint density at radius 1 is 1.44 bits per heavy atom. The van der Waals surface area contributed by atoms with Gasteiger partial charge in [-0.3, -0.25) is 9.89 Å². The van der Waals surface area contributed by atoms with Crippen LogP contribution < -0.4 is 15.4 Å². The summed E-state index contributed by atoms with van der Waals surface area (Å²) in [7, 11) is 1.67. The molecule has 1 atom stereocenters. The number of hydrogen-bond acceptors (Lipinski definition) is 5. The summed E-state index contributed by atoms with van der Waals surface area (Å²) in [4.78, 5) is 6.46. The second-order valence-electron chi connectivity index (χ2n) is 4.71. The number of guanidine groups is 1. The van der Waals surface area contributed by atoms with Crippen LogP contribution in [0.15, 0.2) is 29.3 Å². The van der Waals surface area contributed by atoms with E-state index >= 15 is 0 Å². The van der Waals surface area contributed by atoms with Gasteiger partial charge in [0, 0.05) is 6.61 Å². The van der Waals surface area contributed by atoms with Crippen LogP contribution >= 0.6 is 0 Å².